The number of hydrogen-bond donors (Lipinski definition) is 0. The largest absolute Gasteiger partial charge is 0.310 e. The van der Waals surface area contributed by atoms with Crippen molar-refractivity contribution in [3.63, 3.8) is 0 Å². The van der Waals surface area contributed by atoms with Gasteiger partial charge >= 0.3 is 0 Å². The SMILES string of the molecule is CCc1cccc(C)c1N(c1ccccc1)c1ccc(C=Cc2cc(C=Cc3ccc(N(c4ccccc4)c4c(C)cccc4CC)cc3)cc(C=Cc3ccc(N(c4ccccc4)c4c(C)cccc4CC)cc3)c2)cc1. The van der Waals surface area contributed by atoms with Crippen LogP contribution in [0.3, 0.4) is 0 Å². The Labute approximate surface area is 464 Å². The molecule has 0 heterocycles. The summed E-state index contributed by atoms with van der Waals surface area (Å²) in [6, 6.07) is 85.6. The monoisotopic (exact) mass is 1010 g/mol. The van der Waals surface area contributed by atoms with Crippen molar-refractivity contribution in [2.75, 3.05) is 14.7 Å². The fourth-order valence-corrected chi connectivity index (χ4v) is 10.7. The van der Waals surface area contributed by atoms with Gasteiger partial charge in [-0.2, -0.15) is 0 Å². The van der Waals surface area contributed by atoms with Crippen LogP contribution in [-0.4, -0.2) is 0 Å². The van der Waals surface area contributed by atoms with Gasteiger partial charge in [-0.05, 0) is 198 Å². The van der Waals surface area contributed by atoms with Crippen LogP contribution in [0.15, 0.2) is 237 Å². The lowest BCUT2D eigenvalue weighted by Crippen LogP contribution is -2.13. The van der Waals surface area contributed by atoms with Gasteiger partial charge in [-0.15, -0.1) is 0 Å². The Kier molecular flexibility index (Phi) is 16.5. The Morgan fingerprint density at radius 1 is 0.244 bits per heavy atom. The van der Waals surface area contributed by atoms with E-state index in [0.717, 1.165) is 86.8 Å². The third-order valence-electron chi connectivity index (χ3n) is 14.7. The maximum Gasteiger partial charge on any atom is 0.0522 e. The normalized spacial score (nSPS) is 11.5. The number of hydrogen-bond acceptors (Lipinski definition) is 3. The number of benzene rings is 10. The van der Waals surface area contributed by atoms with Crippen LogP contribution < -0.4 is 14.7 Å². The molecular weight excluding hydrogens is 943 g/mol. The quantitative estimate of drug-likeness (QED) is 0.0793. The molecule has 0 aliphatic heterocycles. The van der Waals surface area contributed by atoms with Crippen molar-refractivity contribution >= 4 is 87.6 Å². The number of anilines is 9. The minimum Gasteiger partial charge on any atom is -0.310 e. The van der Waals surface area contributed by atoms with E-state index >= 15 is 0 Å². The topological polar surface area (TPSA) is 9.72 Å². The molecule has 0 atom stereocenters. The summed E-state index contributed by atoms with van der Waals surface area (Å²) in [6.45, 7) is 13.3. The Balaban J connectivity index is 0.971. The van der Waals surface area contributed by atoms with Gasteiger partial charge in [0.05, 0.1) is 17.1 Å². The zero-order chi connectivity index (χ0) is 53.8. The van der Waals surface area contributed by atoms with Crippen LogP contribution in [0.4, 0.5) is 51.2 Å². The predicted molar refractivity (Wildman–Crippen MR) is 339 cm³/mol. The van der Waals surface area contributed by atoms with E-state index in [-0.39, 0.29) is 0 Å². The Hall–Kier alpha value is -9.18. The zero-order valence-electron chi connectivity index (χ0n) is 45.9. The van der Waals surface area contributed by atoms with Crippen molar-refractivity contribution in [2.24, 2.45) is 0 Å². The molecule has 3 heteroatoms. The van der Waals surface area contributed by atoms with Gasteiger partial charge in [0.25, 0.3) is 0 Å². The summed E-state index contributed by atoms with van der Waals surface area (Å²) in [4.78, 5) is 7.19. The van der Waals surface area contributed by atoms with E-state index < -0.39 is 0 Å². The standard InChI is InChI=1S/C75H69N3/c1-7-64-25-19-22-55(4)73(64)76(67-28-13-10-14-29-67)70-46-40-58(41-47-70)34-37-61-52-62(38-35-59-42-48-71(49-43-59)77(68-30-15-11-16-31-68)74-56(5)23-20-26-65(74)8-2)54-63(53-61)39-36-60-44-50-72(51-45-60)78(69-32-17-12-18-33-69)75-57(6)24-21-27-66(75)9-3/h10-54H,7-9H2,1-6H3. The molecule has 0 spiro atoms. The van der Waals surface area contributed by atoms with Gasteiger partial charge in [0.15, 0.2) is 0 Å². The van der Waals surface area contributed by atoms with E-state index in [1.807, 2.05) is 0 Å². The maximum absolute atomic E-state index is 2.40. The van der Waals surface area contributed by atoms with Crippen LogP contribution in [0.1, 0.15) is 87.5 Å². The van der Waals surface area contributed by atoms with Crippen molar-refractivity contribution in [2.45, 2.75) is 60.8 Å². The highest BCUT2D eigenvalue weighted by atomic mass is 15.2. The molecule has 0 aliphatic rings. The molecule has 10 rings (SSSR count). The minimum atomic E-state index is 0.953. The summed E-state index contributed by atoms with van der Waals surface area (Å²) in [5.41, 5.74) is 25.1. The lowest BCUT2D eigenvalue weighted by molar-refractivity contribution is 1.10. The first-order valence-corrected chi connectivity index (χ1v) is 27.6. The molecule has 0 aliphatic carbocycles. The van der Waals surface area contributed by atoms with Crippen molar-refractivity contribution in [3.8, 4) is 0 Å². The Morgan fingerprint density at radius 2 is 0.474 bits per heavy atom. The molecule has 10 aromatic rings. The van der Waals surface area contributed by atoms with E-state index in [0.29, 0.717) is 0 Å². The summed E-state index contributed by atoms with van der Waals surface area (Å²) < 4.78 is 0. The second-order valence-electron chi connectivity index (χ2n) is 20.0. The molecule has 10 aromatic carbocycles. The number of para-hydroxylation sites is 6. The number of rotatable bonds is 18. The van der Waals surface area contributed by atoms with Crippen LogP contribution in [0.25, 0.3) is 36.5 Å². The smallest absolute Gasteiger partial charge is 0.0522 e. The predicted octanol–water partition coefficient (Wildman–Crippen LogP) is 21.2. The molecule has 0 fully saturated rings. The Morgan fingerprint density at radius 3 is 0.718 bits per heavy atom. The second kappa shape index (κ2) is 24.7. The molecule has 0 bridgehead atoms. The summed E-state index contributed by atoms with van der Waals surface area (Å²) in [5, 5.41) is 0. The van der Waals surface area contributed by atoms with E-state index in [2.05, 4.69) is 329 Å². The van der Waals surface area contributed by atoms with Gasteiger partial charge in [-0.1, -0.05) is 203 Å². The molecule has 0 unspecified atom stereocenters. The van der Waals surface area contributed by atoms with E-state index in [1.54, 1.807) is 0 Å². The molecule has 78 heavy (non-hydrogen) atoms. The number of aryl methyl sites for hydroxylation is 6. The highest BCUT2D eigenvalue weighted by Crippen LogP contribution is 2.42. The zero-order valence-corrected chi connectivity index (χ0v) is 45.9. The Bertz CT molecular complexity index is 3280. The summed E-state index contributed by atoms with van der Waals surface area (Å²) in [6.07, 6.45) is 16.2. The fourth-order valence-electron chi connectivity index (χ4n) is 10.7. The van der Waals surface area contributed by atoms with Crippen molar-refractivity contribution in [1.82, 2.24) is 0 Å². The number of nitrogens with zero attached hydrogens (tertiary/aromatic N) is 3. The van der Waals surface area contributed by atoms with Crippen LogP contribution in [0.5, 0.6) is 0 Å². The molecule has 3 nitrogen and oxygen atoms in total. The minimum absolute atomic E-state index is 0.953. The molecule has 0 N–H and O–H groups in total. The lowest BCUT2D eigenvalue weighted by Gasteiger charge is -2.29. The maximum atomic E-state index is 2.40. The second-order valence-corrected chi connectivity index (χ2v) is 20.0. The molecule has 0 saturated carbocycles. The first-order valence-electron chi connectivity index (χ1n) is 27.6. The molecule has 0 radical (unpaired) electrons. The molecule has 0 amide bonds. The summed E-state index contributed by atoms with van der Waals surface area (Å²) in [7, 11) is 0. The van der Waals surface area contributed by atoms with E-state index in [4.69, 9.17) is 0 Å². The van der Waals surface area contributed by atoms with Gasteiger partial charge in [-0.3, -0.25) is 0 Å². The third kappa shape index (κ3) is 11.9. The van der Waals surface area contributed by atoms with Gasteiger partial charge in [0.2, 0.25) is 0 Å². The van der Waals surface area contributed by atoms with Crippen LogP contribution in [0.2, 0.25) is 0 Å². The van der Waals surface area contributed by atoms with E-state index in [1.165, 1.54) is 50.4 Å². The highest BCUT2D eigenvalue weighted by molar-refractivity contribution is 5.86. The van der Waals surface area contributed by atoms with Crippen molar-refractivity contribution in [1.29, 1.82) is 0 Å². The van der Waals surface area contributed by atoms with Crippen LogP contribution in [-0.2, 0) is 19.3 Å². The molecule has 0 aromatic heterocycles. The highest BCUT2D eigenvalue weighted by Gasteiger charge is 2.20. The lowest BCUT2D eigenvalue weighted by atomic mass is 10.0. The average Bonchev–Trinajstić information content (AvgIpc) is 3.50. The third-order valence-corrected chi connectivity index (χ3v) is 14.7. The summed E-state index contributed by atoms with van der Waals surface area (Å²) in [5.74, 6) is 0. The van der Waals surface area contributed by atoms with Crippen LogP contribution >= 0.6 is 0 Å². The molecular formula is C75H69N3. The van der Waals surface area contributed by atoms with Gasteiger partial charge in [0, 0.05) is 34.1 Å². The van der Waals surface area contributed by atoms with Crippen molar-refractivity contribution in [3.05, 3.63) is 303 Å². The van der Waals surface area contributed by atoms with Crippen molar-refractivity contribution < 1.29 is 0 Å². The molecule has 384 valence electrons. The first-order chi connectivity index (χ1) is 38.3. The van der Waals surface area contributed by atoms with Gasteiger partial charge in [0.1, 0.15) is 0 Å². The van der Waals surface area contributed by atoms with Crippen LogP contribution in [0, 0.1) is 20.8 Å². The van der Waals surface area contributed by atoms with Gasteiger partial charge in [-0.25, -0.2) is 0 Å². The molecule has 0 saturated heterocycles. The van der Waals surface area contributed by atoms with E-state index in [9.17, 15) is 0 Å². The average molecular weight is 1010 g/mol. The fraction of sp³-hybridized carbons (Fsp3) is 0.120. The first kappa shape index (κ1) is 52.3. The summed E-state index contributed by atoms with van der Waals surface area (Å²) >= 11 is 0. The van der Waals surface area contributed by atoms with Gasteiger partial charge < -0.3 is 14.7 Å².